The van der Waals surface area contributed by atoms with Crippen molar-refractivity contribution in [2.45, 2.75) is 12.8 Å². The van der Waals surface area contributed by atoms with Crippen LogP contribution in [0.5, 0.6) is 0 Å². The first-order valence-corrected chi connectivity index (χ1v) is 9.01. The third-order valence-corrected chi connectivity index (χ3v) is 4.62. The van der Waals surface area contributed by atoms with Crippen molar-refractivity contribution < 1.29 is 9.59 Å². The lowest BCUT2D eigenvalue weighted by Crippen LogP contribution is -2.23. The van der Waals surface area contributed by atoms with Crippen LogP contribution < -0.4 is 10.2 Å². The molecule has 1 aliphatic rings. The third kappa shape index (κ3) is 3.71. The number of halogens is 1. The summed E-state index contributed by atoms with van der Waals surface area (Å²) >= 11 is 6.00. The summed E-state index contributed by atoms with van der Waals surface area (Å²) in [5.74, 6) is -0.209. The van der Waals surface area contributed by atoms with Crippen LogP contribution in [0.15, 0.2) is 60.8 Å². The Morgan fingerprint density at radius 2 is 1.89 bits per heavy atom. The Hall–Kier alpha value is -3.12. The van der Waals surface area contributed by atoms with E-state index in [2.05, 4.69) is 10.4 Å². The molecule has 0 spiro atoms. The molecule has 0 atom stereocenters. The molecule has 1 fully saturated rings. The van der Waals surface area contributed by atoms with Gasteiger partial charge in [-0.15, -0.1) is 0 Å². The van der Waals surface area contributed by atoms with Gasteiger partial charge in [0.15, 0.2) is 5.69 Å². The third-order valence-electron chi connectivity index (χ3n) is 4.38. The van der Waals surface area contributed by atoms with Crippen LogP contribution in [0.3, 0.4) is 0 Å². The van der Waals surface area contributed by atoms with E-state index < -0.39 is 0 Å². The van der Waals surface area contributed by atoms with Crippen LogP contribution in [0.1, 0.15) is 23.3 Å². The molecule has 0 radical (unpaired) electrons. The van der Waals surface area contributed by atoms with Crippen molar-refractivity contribution >= 4 is 34.8 Å². The van der Waals surface area contributed by atoms with Crippen LogP contribution >= 0.6 is 11.6 Å². The van der Waals surface area contributed by atoms with Crippen molar-refractivity contribution in [2.24, 2.45) is 0 Å². The number of hydrogen-bond donors (Lipinski definition) is 1. The summed E-state index contributed by atoms with van der Waals surface area (Å²) in [5.41, 5.74) is 2.47. The summed E-state index contributed by atoms with van der Waals surface area (Å²) in [5, 5.41) is 7.74. The maximum atomic E-state index is 12.5. The lowest BCUT2D eigenvalue weighted by Gasteiger charge is -2.16. The molecule has 1 saturated heterocycles. The SMILES string of the molecule is O=C(Nc1cccc(N2CCCC2=O)c1)c1ccn(-c2cccc(Cl)c2)n1. The molecule has 0 saturated carbocycles. The highest BCUT2D eigenvalue weighted by Gasteiger charge is 2.22. The van der Waals surface area contributed by atoms with Gasteiger partial charge in [0.2, 0.25) is 5.91 Å². The second-order valence-corrected chi connectivity index (χ2v) is 6.72. The van der Waals surface area contributed by atoms with Gasteiger partial charge in [-0.1, -0.05) is 23.7 Å². The molecule has 2 aromatic carbocycles. The fourth-order valence-corrected chi connectivity index (χ4v) is 3.26. The molecule has 1 aromatic heterocycles. The summed E-state index contributed by atoms with van der Waals surface area (Å²) in [6, 6.07) is 16.2. The van der Waals surface area contributed by atoms with E-state index in [1.54, 1.807) is 46.1 Å². The van der Waals surface area contributed by atoms with E-state index in [0.29, 0.717) is 23.7 Å². The predicted octanol–water partition coefficient (Wildman–Crippen LogP) is 3.90. The van der Waals surface area contributed by atoms with E-state index in [4.69, 9.17) is 11.6 Å². The second-order valence-electron chi connectivity index (χ2n) is 6.28. The van der Waals surface area contributed by atoms with E-state index in [1.165, 1.54) is 0 Å². The molecule has 2 amide bonds. The summed E-state index contributed by atoms with van der Waals surface area (Å²) in [4.78, 5) is 26.2. The van der Waals surface area contributed by atoms with Gasteiger partial charge >= 0.3 is 0 Å². The summed E-state index contributed by atoms with van der Waals surface area (Å²) in [6.07, 6.45) is 3.13. The number of amides is 2. The van der Waals surface area contributed by atoms with Crippen molar-refractivity contribution in [1.29, 1.82) is 0 Å². The quantitative estimate of drug-likeness (QED) is 0.746. The Kier molecular flexibility index (Phi) is 4.64. The van der Waals surface area contributed by atoms with Gasteiger partial charge in [-0.25, -0.2) is 4.68 Å². The normalized spacial score (nSPS) is 13.8. The maximum Gasteiger partial charge on any atom is 0.276 e. The van der Waals surface area contributed by atoms with Crippen molar-refractivity contribution in [3.8, 4) is 5.69 Å². The Morgan fingerprint density at radius 3 is 2.67 bits per heavy atom. The van der Waals surface area contributed by atoms with Gasteiger partial charge in [0.05, 0.1) is 5.69 Å². The molecule has 7 heteroatoms. The lowest BCUT2D eigenvalue weighted by atomic mass is 10.2. The highest BCUT2D eigenvalue weighted by molar-refractivity contribution is 6.30. The zero-order valence-electron chi connectivity index (χ0n) is 14.4. The number of nitrogens with zero attached hydrogens (tertiary/aromatic N) is 3. The Bertz CT molecular complexity index is 1010. The van der Waals surface area contributed by atoms with Gasteiger partial charge in [-0.2, -0.15) is 5.10 Å². The van der Waals surface area contributed by atoms with Gasteiger partial charge in [0.1, 0.15) is 0 Å². The van der Waals surface area contributed by atoms with Gasteiger partial charge in [0, 0.05) is 35.6 Å². The Morgan fingerprint density at radius 1 is 1.07 bits per heavy atom. The zero-order chi connectivity index (χ0) is 18.8. The van der Waals surface area contributed by atoms with Crippen LogP contribution in [-0.2, 0) is 4.79 Å². The van der Waals surface area contributed by atoms with Crippen molar-refractivity contribution in [1.82, 2.24) is 9.78 Å². The monoisotopic (exact) mass is 380 g/mol. The predicted molar refractivity (Wildman–Crippen MR) is 105 cm³/mol. The number of rotatable bonds is 4. The minimum atomic E-state index is -0.319. The minimum Gasteiger partial charge on any atom is -0.321 e. The molecular formula is C20H17ClN4O2. The number of benzene rings is 2. The van der Waals surface area contributed by atoms with E-state index >= 15 is 0 Å². The Balaban J connectivity index is 1.51. The Labute approximate surface area is 161 Å². The van der Waals surface area contributed by atoms with Crippen LogP contribution in [0.2, 0.25) is 5.02 Å². The van der Waals surface area contributed by atoms with E-state index in [-0.39, 0.29) is 17.5 Å². The zero-order valence-corrected chi connectivity index (χ0v) is 15.2. The van der Waals surface area contributed by atoms with E-state index in [1.807, 2.05) is 24.3 Å². The van der Waals surface area contributed by atoms with E-state index in [0.717, 1.165) is 17.8 Å². The summed E-state index contributed by atoms with van der Waals surface area (Å²) < 4.78 is 1.60. The number of carbonyl (C=O) groups excluding carboxylic acids is 2. The fraction of sp³-hybridized carbons (Fsp3) is 0.150. The standard InChI is InChI=1S/C20H17ClN4O2/c21-14-4-1-7-17(12-14)25-11-9-18(23-25)20(27)22-15-5-2-6-16(13-15)24-10-3-8-19(24)26/h1-2,4-7,9,11-13H,3,8,10H2,(H,22,27). The van der Waals surface area contributed by atoms with Crippen LogP contribution in [0.25, 0.3) is 5.69 Å². The molecule has 2 heterocycles. The molecule has 1 aliphatic heterocycles. The number of anilines is 2. The van der Waals surface area contributed by atoms with E-state index in [9.17, 15) is 9.59 Å². The first-order chi connectivity index (χ1) is 13.1. The topological polar surface area (TPSA) is 67.2 Å². The molecule has 0 bridgehead atoms. The average Bonchev–Trinajstić information content (AvgIpc) is 3.31. The number of carbonyl (C=O) groups is 2. The highest BCUT2D eigenvalue weighted by Crippen LogP contribution is 2.24. The first-order valence-electron chi connectivity index (χ1n) is 8.63. The van der Waals surface area contributed by atoms with Gasteiger partial charge < -0.3 is 10.2 Å². The highest BCUT2D eigenvalue weighted by atomic mass is 35.5. The summed E-state index contributed by atoms with van der Waals surface area (Å²) in [7, 11) is 0. The first kappa shape index (κ1) is 17.3. The number of aromatic nitrogens is 2. The maximum absolute atomic E-state index is 12.5. The summed E-state index contributed by atoms with van der Waals surface area (Å²) in [6.45, 7) is 0.709. The molecular weight excluding hydrogens is 364 g/mol. The van der Waals surface area contributed by atoms with Crippen molar-refractivity contribution in [3.63, 3.8) is 0 Å². The van der Waals surface area contributed by atoms with Crippen molar-refractivity contribution in [2.75, 3.05) is 16.8 Å². The molecule has 6 nitrogen and oxygen atoms in total. The molecule has 1 N–H and O–H groups in total. The van der Waals surface area contributed by atoms with Crippen LogP contribution in [-0.4, -0.2) is 28.1 Å². The number of hydrogen-bond acceptors (Lipinski definition) is 3. The molecule has 0 aliphatic carbocycles. The molecule has 4 rings (SSSR count). The number of nitrogens with one attached hydrogen (secondary N) is 1. The smallest absolute Gasteiger partial charge is 0.276 e. The second kappa shape index (κ2) is 7.25. The molecule has 0 unspecified atom stereocenters. The minimum absolute atomic E-state index is 0.110. The molecule has 27 heavy (non-hydrogen) atoms. The molecule has 136 valence electrons. The van der Waals surface area contributed by atoms with Crippen molar-refractivity contribution in [3.05, 3.63) is 71.5 Å². The average molecular weight is 381 g/mol. The van der Waals surface area contributed by atoms with Gasteiger partial charge in [-0.3, -0.25) is 9.59 Å². The van der Waals surface area contributed by atoms with Crippen LogP contribution in [0, 0.1) is 0 Å². The largest absolute Gasteiger partial charge is 0.321 e. The van der Waals surface area contributed by atoms with Gasteiger partial charge in [0.25, 0.3) is 5.91 Å². The molecule has 3 aromatic rings. The van der Waals surface area contributed by atoms with Gasteiger partial charge in [-0.05, 0) is 48.9 Å². The fourth-order valence-electron chi connectivity index (χ4n) is 3.08. The van der Waals surface area contributed by atoms with Crippen LogP contribution in [0.4, 0.5) is 11.4 Å². The lowest BCUT2D eigenvalue weighted by molar-refractivity contribution is -0.117.